The van der Waals surface area contributed by atoms with E-state index in [1.54, 1.807) is 6.07 Å². The Morgan fingerprint density at radius 2 is 1.71 bits per heavy atom. The van der Waals surface area contributed by atoms with Gasteiger partial charge in [-0.2, -0.15) is 0 Å². The number of nitrogens with zero attached hydrogens (tertiary/aromatic N) is 2. The first-order valence-corrected chi connectivity index (χ1v) is 8.90. The highest BCUT2D eigenvalue weighted by Crippen LogP contribution is 2.11. The molecule has 132 valence electrons. The topological polar surface area (TPSA) is 40.6 Å². The molecule has 1 aliphatic heterocycles. The lowest BCUT2D eigenvalue weighted by Gasteiger charge is -2.22. The molecular weight excluding hydrogens is 307 g/mol. The summed E-state index contributed by atoms with van der Waals surface area (Å²) in [6, 6.07) is 6.39. The van der Waals surface area contributed by atoms with Crippen molar-refractivity contribution in [3.8, 4) is 0 Å². The van der Waals surface area contributed by atoms with Crippen molar-refractivity contribution in [3.05, 3.63) is 35.6 Å². The number of benzene rings is 1. The van der Waals surface area contributed by atoms with Gasteiger partial charge < -0.3 is 9.80 Å². The lowest BCUT2D eigenvalue weighted by Crippen LogP contribution is -2.37. The number of hydrogen-bond donors (Lipinski definition) is 0. The van der Waals surface area contributed by atoms with E-state index in [1.807, 2.05) is 15.9 Å². The Hall–Kier alpha value is -1.91. The second kappa shape index (κ2) is 9.40. The summed E-state index contributed by atoms with van der Waals surface area (Å²) in [5.74, 6) is 0.0176. The Kier molecular flexibility index (Phi) is 7.22. The molecule has 1 heterocycles. The van der Waals surface area contributed by atoms with E-state index in [-0.39, 0.29) is 17.6 Å². The number of amides is 2. The lowest BCUT2D eigenvalue weighted by atomic mass is 10.1. The van der Waals surface area contributed by atoms with Gasteiger partial charge in [-0.25, -0.2) is 4.39 Å². The van der Waals surface area contributed by atoms with Crippen molar-refractivity contribution in [2.24, 2.45) is 0 Å². The molecule has 0 aromatic heterocycles. The maximum Gasteiger partial charge on any atom is 0.222 e. The molecular formula is C19H27FN2O2. The van der Waals surface area contributed by atoms with Crippen LogP contribution in [0, 0.1) is 5.82 Å². The minimum Gasteiger partial charge on any atom is -0.341 e. The quantitative estimate of drug-likeness (QED) is 0.802. The Bertz CT molecular complexity index is 562. The molecule has 0 atom stereocenters. The van der Waals surface area contributed by atoms with Crippen LogP contribution in [-0.2, 0) is 16.0 Å². The second-order valence-electron chi connectivity index (χ2n) is 6.35. The number of aryl methyl sites for hydroxylation is 1. The standard InChI is InChI=1S/C19H27FN2O2/c1-2-3-8-18(23)21-11-5-12-22(14-13-21)19(24)10-9-16-6-4-7-17(20)15-16/h4,6-7,15H,2-3,5,8-14H2,1H3. The molecule has 1 aromatic carbocycles. The fourth-order valence-electron chi connectivity index (χ4n) is 3.00. The van der Waals surface area contributed by atoms with Gasteiger partial charge in [0.15, 0.2) is 0 Å². The number of carbonyl (C=O) groups excluding carboxylic acids is 2. The Balaban J connectivity index is 1.80. The highest BCUT2D eigenvalue weighted by Gasteiger charge is 2.21. The summed E-state index contributed by atoms with van der Waals surface area (Å²) in [4.78, 5) is 28.2. The molecule has 1 fully saturated rings. The van der Waals surface area contributed by atoms with Gasteiger partial charge in [-0.15, -0.1) is 0 Å². The van der Waals surface area contributed by atoms with Gasteiger partial charge >= 0.3 is 0 Å². The van der Waals surface area contributed by atoms with Crippen LogP contribution in [0.15, 0.2) is 24.3 Å². The summed E-state index contributed by atoms with van der Waals surface area (Å²) in [5, 5.41) is 0. The summed E-state index contributed by atoms with van der Waals surface area (Å²) in [7, 11) is 0. The minimum atomic E-state index is -0.268. The number of unbranched alkanes of at least 4 members (excludes halogenated alkanes) is 1. The maximum atomic E-state index is 13.2. The van der Waals surface area contributed by atoms with Crippen molar-refractivity contribution >= 4 is 11.8 Å². The van der Waals surface area contributed by atoms with E-state index in [4.69, 9.17) is 0 Å². The molecule has 0 aliphatic carbocycles. The Morgan fingerprint density at radius 3 is 2.33 bits per heavy atom. The number of halogens is 1. The van der Waals surface area contributed by atoms with Crippen molar-refractivity contribution in [1.82, 2.24) is 9.80 Å². The first kappa shape index (κ1) is 18.4. The summed E-state index contributed by atoms with van der Waals surface area (Å²) in [6.45, 7) is 4.72. The zero-order chi connectivity index (χ0) is 17.4. The van der Waals surface area contributed by atoms with Crippen LogP contribution < -0.4 is 0 Å². The van der Waals surface area contributed by atoms with Crippen molar-refractivity contribution < 1.29 is 14.0 Å². The zero-order valence-electron chi connectivity index (χ0n) is 14.5. The molecule has 0 N–H and O–H groups in total. The van der Waals surface area contributed by atoms with E-state index in [1.165, 1.54) is 12.1 Å². The van der Waals surface area contributed by atoms with E-state index < -0.39 is 0 Å². The maximum absolute atomic E-state index is 13.2. The zero-order valence-corrected chi connectivity index (χ0v) is 14.5. The fraction of sp³-hybridized carbons (Fsp3) is 0.579. The molecule has 0 saturated carbocycles. The lowest BCUT2D eigenvalue weighted by molar-refractivity contribution is -0.133. The van der Waals surface area contributed by atoms with Crippen LogP contribution in [-0.4, -0.2) is 47.8 Å². The summed E-state index contributed by atoms with van der Waals surface area (Å²) < 4.78 is 13.2. The van der Waals surface area contributed by atoms with Gasteiger partial charge in [0.05, 0.1) is 0 Å². The molecule has 0 bridgehead atoms. The number of hydrogen-bond acceptors (Lipinski definition) is 2. The number of rotatable bonds is 6. The van der Waals surface area contributed by atoms with Gasteiger partial charge in [0, 0.05) is 39.0 Å². The van der Waals surface area contributed by atoms with Gasteiger partial charge in [-0.05, 0) is 37.0 Å². The minimum absolute atomic E-state index is 0.0853. The molecule has 0 unspecified atom stereocenters. The fourth-order valence-corrected chi connectivity index (χ4v) is 3.00. The first-order chi connectivity index (χ1) is 11.6. The van der Waals surface area contributed by atoms with Gasteiger partial charge in [0.2, 0.25) is 11.8 Å². The smallest absolute Gasteiger partial charge is 0.222 e. The number of carbonyl (C=O) groups is 2. The van der Waals surface area contributed by atoms with Gasteiger partial charge in [-0.1, -0.05) is 25.5 Å². The molecule has 0 spiro atoms. The van der Waals surface area contributed by atoms with Crippen molar-refractivity contribution in [2.75, 3.05) is 26.2 Å². The molecule has 1 saturated heterocycles. The third-order valence-electron chi connectivity index (χ3n) is 4.46. The summed E-state index contributed by atoms with van der Waals surface area (Å²) in [6.07, 6.45) is 4.29. The van der Waals surface area contributed by atoms with Crippen molar-refractivity contribution in [3.63, 3.8) is 0 Å². The van der Waals surface area contributed by atoms with E-state index in [9.17, 15) is 14.0 Å². The third-order valence-corrected chi connectivity index (χ3v) is 4.46. The first-order valence-electron chi connectivity index (χ1n) is 8.90. The van der Waals surface area contributed by atoms with Crippen LogP contribution in [0.3, 0.4) is 0 Å². The summed E-state index contributed by atoms with van der Waals surface area (Å²) >= 11 is 0. The normalized spacial score (nSPS) is 15.2. The van der Waals surface area contributed by atoms with Crippen LogP contribution in [0.5, 0.6) is 0 Å². The highest BCUT2D eigenvalue weighted by molar-refractivity contribution is 5.78. The molecule has 0 radical (unpaired) electrons. The van der Waals surface area contributed by atoms with Crippen LogP contribution in [0.2, 0.25) is 0 Å². The van der Waals surface area contributed by atoms with Crippen LogP contribution in [0.25, 0.3) is 0 Å². The molecule has 4 nitrogen and oxygen atoms in total. The van der Waals surface area contributed by atoms with E-state index in [0.717, 1.165) is 31.4 Å². The van der Waals surface area contributed by atoms with Gasteiger partial charge in [0.25, 0.3) is 0 Å². The van der Waals surface area contributed by atoms with Crippen LogP contribution >= 0.6 is 0 Å². The second-order valence-corrected chi connectivity index (χ2v) is 6.35. The predicted octanol–water partition coefficient (Wildman–Crippen LogP) is 3.01. The van der Waals surface area contributed by atoms with Crippen molar-refractivity contribution in [2.45, 2.75) is 45.4 Å². The molecule has 2 amide bonds. The monoisotopic (exact) mass is 334 g/mol. The molecule has 24 heavy (non-hydrogen) atoms. The third kappa shape index (κ3) is 5.62. The molecule has 2 rings (SSSR count). The van der Waals surface area contributed by atoms with Crippen LogP contribution in [0.1, 0.15) is 44.6 Å². The van der Waals surface area contributed by atoms with Gasteiger partial charge in [-0.3, -0.25) is 9.59 Å². The van der Waals surface area contributed by atoms with E-state index in [2.05, 4.69) is 6.92 Å². The SMILES string of the molecule is CCCCC(=O)N1CCCN(C(=O)CCc2cccc(F)c2)CC1. The average molecular weight is 334 g/mol. The molecule has 1 aliphatic rings. The van der Waals surface area contributed by atoms with E-state index in [0.29, 0.717) is 38.9 Å². The molecule has 1 aromatic rings. The molecule has 5 heteroatoms. The largest absolute Gasteiger partial charge is 0.341 e. The van der Waals surface area contributed by atoms with Gasteiger partial charge in [0.1, 0.15) is 5.82 Å². The predicted molar refractivity (Wildman–Crippen MR) is 92.0 cm³/mol. The average Bonchev–Trinajstić information content (AvgIpc) is 2.84. The summed E-state index contributed by atoms with van der Waals surface area (Å²) in [5.41, 5.74) is 0.842. The van der Waals surface area contributed by atoms with Crippen LogP contribution in [0.4, 0.5) is 4.39 Å². The Labute approximate surface area is 143 Å². The highest BCUT2D eigenvalue weighted by atomic mass is 19.1. The van der Waals surface area contributed by atoms with Crippen molar-refractivity contribution in [1.29, 1.82) is 0 Å². The van der Waals surface area contributed by atoms with E-state index >= 15 is 0 Å². The Morgan fingerprint density at radius 1 is 1.04 bits per heavy atom.